The molecule has 4 aromatic rings. The summed E-state index contributed by atoms with van der Waals surface area (Å²) in [5.41, 5.74) is -2.60. The molecule has 1 N–H and O–H groups in total. The second kappa shape index (κ2) is 13.0. The van der Waals surface area contributed by atoms with Crippen LogP contribution in [0, 0.1) is 5.82 Å². The molecule has 0 spiro atoms. The summed E-state index contributed by atoms with van der Waals surface area (Å²) in [6.07, 6.45) is -8.32. The molecule has 2 aromatic heterocycles. The Balaban J connectivity index is 1.37. The van der Waals surface area contributed by atoms with E-state index in [0.29, 0.717) is 6.07 Å². The monoisotopic (exact) mass is 743 g/mol. The maximum atomic E-state index is 16.0. The van der Waals surface area contributed by atoms with Gasteiger partial charge in [0.05, 0.1) is 17.8 Å². The van der Waals surface area contributed by atoms with Crippen LogP contribution in [0.25, 0.3) is 22.8 Å². The van der Waals surface area contributed by atoms with E-state index in [9.17, 15) is 31.5 Å². The van der Waals surface area contributed by atoms with Crippen molar-refractivity contribution < 1.29 is 58.4 Å². The molecule has 278 valence electrons. The van der Waals surface area contributed by atoms with Crippen molar-refractivity contribution in [1.29, 1.82) is 0 Å². The Bertz CT molecular complexity index is 1960. The number of hydrogen-bond acceptors (Lipinski definition) is 10. The van der Waals surface area contributed by atoms with Crippen molar-refractivity contribution in [2.45, 2.75) is 76.2 Å². The number of carbonyl (C=O) groups is 2. The zero-order chi connectivity index (χ0) is 37.8. The highest BCUT2D eigenvalue weighted by Crippen LogP contribution is 2.45. The van der Waals surface area contributed by atoms with Gasteiger partial charge in [-0.15, -0.1) is 5.10 Å². The second-order valence-corrected chi connectivity index (χ2v) is 13.2. The molecule has 1 saturated heterocycles. The minimum absolute atomic E-state index is 0.0931. The van der Waals surface area contributed by atoms with Crippen LogP contribution in [-0.2, 0) is 28.2 Å². The van der Waals surface area contributed by atoms with Gasteiger partial charge in [0.15, 0.2) is 0 Å². The normalized spacial score (nSPS) is 18.9. The van der Waals surface area contributed by atoms with Gasteiger partial charge in [0.1, 0.15) is 17.5 Å². The highest BCUT2D eigenvalue weighted by molar-refractivity contribution is 6.01. The minimum atomic E-state index is -4.88. The van der Waals surface area contributed by atoms with Crippen molar-refractivity contribution in [3.63, 3.8) is 0 Å². The number of nitrogens with one attached hydrogen (secondary N) is 1. The number of anilines is 2. The number of halogens is 8. The first-order valence-corrected chi connectivity index (χ1v) is 15.7. The van der Waals surface area contributed by atoms with Crippen LogP contribution in [0.1, 0.15) is 57.1 Å². The number of hydrogen-bond donors (Lipinski definition) is 1. The Morgan fingerprint density at radius 1 is 1.04 bits per heavy atom. The fourth-order valence-electron chi connectivity index (χ4n) is 5.60. The van der Waals surface area contributed by atoms with E-state index in [1.807, 2.05) is 0 Å². The summed E-state index contributed by atoms with van der Waals surface area (Å²) in [6, 6.07) is 4.66. The van der Waals surface area contributed by atoms with Crippen LogP contribution in [-0.4, -0.2) is 63.0 Å². The standard InChI is InChI=1S/C32H29F8N7O5/c1-29(2,3)51-28(49)41-21-14-31(36,37)19-13-20(33)18(24-43-44-27(50-24)46-10-8-30(34,35)9-11-46)12-22(19)47(25(21)48)15-16-4-6-17(7-5-16)23-42-26(52-45-23)32(38,39)40/h4-7,12-13,21H,8-11,14-15H2,1-3H3,(H,41,49)/t21-/m1/s1. The van der Waals surface area contributed by atoms with Crippen LogP contribution in [0.5, 0.6) is 0 Å². The molecule has 52 heavy (non-hydrogen) atoms. The van der Waals surface area contributed by atoms with Gasteiger partial charge in [0, 0.05) is 43.5 Å². The molecule has 12 nitrogen and oxygen atoms in total. The lowest BCUT2D eigenvalue weighted by molar-refractivity contribution is -0.159. The lowest BCUT2D eigenvalue weighted by Gasteiger charge is -2.30. The Morgan fingerprint density at radius 3 is 2.33 bits per heavy atom. The van der Waals surface area contributed by atoms with E-state index < -0.39 is 108 Å². The van der Waals surface area contributed by atoms with E-state index in [4.69, 9.17) is 9.15 Å². The molecule has 4 heterocycles. The van der Waals surface area contributed by atoms with E-state index in [1.54, 1.807) is 0 Å². The van der Waals surface area contributed by atoms with Crippen molar-refractivity contribution in [3.05, 3.63) is 59.2 Å². The third kappa shape index (κ3) is 7.79. The Morgan fingerprint density at radius 2 is 1.71 bits per heavy atom. The predicted molar refractivity (Wildman–Crippen MR) is 164 cm³/mol. The number of alkyl halides is 7. The summed E-state index contributed by atoms with van der Waals surface area (Å²) in [4.78, 5) is 32.3. The van der Waals surface area contributed by atoms with Gasteiger partial charge in [-0.1, -0.05) is 34.5 Å². The first kappa shape index (κ1) is 36.5. The SMILES string of the molecule is CC(C)(C)OC(=O)N[C@@H]1CC(F)(F)c2cc(F)c(-c3nnc(N4CCC(F)(F)CC4)o3)cc2N(Cc2ccc(-c3noc(C(F)(F)F)n3)cc2)C1=O. The number of aromatic nitrogens is 4. The van der Waals surface area contributed by atoms with Gasteiger partial charge < -0.3 is 28.8 Å². The fourth-order valence-corrected chi connectivity index (χ4v) is 5.60. The van der Waals surface area contributed by atoms with Gasteiger partial charge in [-0.3, -0.25) is 4.79 Å². The van der Waals surface area contributed by atoms with Crippen molar-refractivity contribution in [2.24, 2.45) is 0 Å². The zero-order valence-electron chi connectivity index (χ0n) is 27.5. The molecule has 2 aliphatic rings. The summed E-state index contributed by atoms with van der Waals surface area (Å²) in [5, 5.41) is 13.1. The van der Waals surface area contributed by atoms with Gasteiger partial charge in [0.2, 0.25) is 11.7 Å². The molecule has 1 fully saturated rings. The number of fused-ring (bicyclic) bond motifs is 1. The maximum absolute atomic E-state index is 16.0. The first-order chi connectivity index (χ1) is 24.2. The van der Waals surface area contributed by atoms with E-state index >= 15 is 13.2 Å². The van der Waals surface area contributed by atoms with E-state index in [-0.39, 0.29) is 30.2 Å². The highest BCUT2D eigenvalue weighted by Gasteiger charge is 2.47. The number of ether oxygens (including phenoxy) is 1. The Kier molecular flexibility index (Phi) is 9.15. The number of nitrogens with zero attached hydrogens (tertiary/aromatic N) is 6. The predicted octanol–water partition coefficient (Wildman–Crippen LogP) is 7.10. The quantitative estimate of drug-likeness (QED) is 0.204. The molecule has 1 atom stereocenters. The summed E-state index contributed by atoms with van der Waals surface area (Å²) < 4.78 is 129. The van der Waals surface area contributed by atoms with Crippen molar-refractivity contribution in [1.82, 2.24) is 25.7 Å². The van der Waals surface area contributed by atoms with Crippen LogP contribution < -0.4 is 15.1 Å². The number of piperidine rings is 1. The zero-order valence-corrected chi connectivity index (χ0v) is 27.5. The summed E-state index contributed by atoms with van der Waals surface area (Å²) in [6.45, 7) is 3.82. The minimum Gasteiger partial charge on any atom is -0.444 e. The van der Waals surface area contributed by atoms with Gasteiger partial charge in [-0.2, -0.15) is 18.2 Å². The first-order valence-electron chi connectivity index (χ1n) is 15.7. The molecule has 0 radical (unpaired) electrons. The third-order valence-corrected chi connectivity index (χ3v) is 8.12. The Labute approximate surface area is 289 Å². The lowest BCUT2D eigenvalue weighted by atomic mass is 9.99. The summed E-state index contributed by atoms with van der Waals surface area (Å²) >= 11 is 0. The molecule has 2 aliphatic heterocycles. The third-order valence-electron chi connectivity index (χ3n) is 8.12. The van der Waals surface area contributed by atoms with Crippen LogP contribution in [0.4, 0.5) is 51.6 Å². The maximum Gasteiger partial charge on any atom is 0.471 e. The fraction of sp³-hybridized carbons (Fsp3) is 0.438. The second-order valence-electron chi connectivity index (χ2n) is 13.2. The molecule has 20 heteroatoms. The molecule has 6 rings (SSSR count). The topological polar surface area (TPSA) is 140 Å². The van der Waals surface area contributed by atoms with E-state index in [1.165, 1.54) is 49.9 Å². The molecule has 0 unspecified atom stereocenters. The number of alkyl carbamates (subject to hydrolysis) is 1. The van der Waals surface area contributed by atoms with Gasteiger partial charge in [-0.25, -0.2) is 26.7 Å². The summed E-state index contributed by atoms with van der Waals surface area (Å²) in [7, 11) is 0. The average Bonchev–Trinajstić information content (AvgIpc) is 3.72. The molecule has 0 aliphatic carbocycles. The molecular weight excluding hydrogens is 714 g/mol. The lowest BCUT2D eigenvalue weighted by Crippen LogP contribution is -2.49. The van der Waals surface area contributed by atoms with Crippen molar-refractivity contribution >= 4 is 23.7 Å². The smallest absolute Gasteiger partial charge is 0.444 e. The van der Waals surface area contributed by atoms with Crippen LogP contribution >= 0.6 is 0 Å². The number of rotatable bonds is 6. The molecule has 0 bridgehead atoms. The molecule has 2 amide bonds. The van der Waals surface area contributed by atoms with Crippen LogP contribution in [0.15, 0.2) is 45.3 Å². The van der Waals surface area contributed by atoms with E-state index in [0.717, 1.165) is 11.0 Å². The average molecular weight is 744 g/mol. The number of amides is 2. The highest BCUT2D eigenvalue weighted by atomic mass is 19.4. The van der Waals surface area contributed by atoms with Crippen molar-refractivity contribution in [2.75, 3.05) is 22.9 Å². The van der Waals surface area contributed by atoms with Gasteiger partial charge >= 0.3 is 24.2 Å². The molecule has 2 aromatic carbocycles. The van der Waals surface area contributed by atoms with Gasteiger partial charge in [-0.05, 0) is 38.5 Å². The molecule has 0 saturated carbocycles. The van der Waals surface area contributed by atoms with Gasteiger partial charge in [0.25, 0.3) is 17.7 Å². The van der Waals surface area contributed by atoms with Crippen LogP contribution in [0.3, 0.4) is 0 Å². The summed E-state index contributed by atoms with van der Waals surface area (Å²) in [5.74, 6) is -11.5. The number of benzene rings is 2. The van der Waals surface area contributed by atoms with Crippen LogP contribution in [0.2, 0.25) is 0 Å². The Hall–Kier alpha value is -5.30. The van der Waals surface area contributed by atoms with E-state index in [2.05, 4.69) is 30.2 Å². The number of carbonyl (C=O) groups excluding carboxylic acids is 2. The molecular formula is C32H29F8N7O5. The van der Waals surface area contributed by atoms with Crippen molar-refractivity contribution in [3.8, 4) is 22.8 Å². The largest absolute Gasteiger partial charge is 0.471 e.